The number of hydrogen-bond acceptors (Lipinski definition) is 7. The summed E-state index contributed by atoms with van der Waals surface area (Å²) in [6, 6.07) is 4.53. The summed E-state index contributed by atoms with van der Waals surface area (Å²) < 4.78 is 1.09. The minimum atomic E-state index is -0.843. The number of nitrogens with zero attached hydrogens (tertiary/aromatic N) is 3. The number of amides is 3. The second-order valence-corrected chi connectivity index (χ2v) is 8.71. The summed E-state index contributed by atoms with van der Waals surface area (Å²) in [5.41, 5.74) is 0.734. The van der Waals surface area contributed by atoms with Gasteiger partial charge < -0.3 is 10.6 Å². The van der Waals surface area contributed by atoms with Crippen molar-refractivity contribution in [2.75, 3.05) is 18.4 Å². The van der Waals surface area contributed by atoms with E-state index in [4.69, 9.17) is 0 Å². The Morgan fingerprint density at radius 1 is 1.09 bits per heavy atom. The van der Waals surface area contributed by atoms with Gasteiger partial charge in [-0.05, 0) is 56.1 Å². The maximum Gasteiger partial charge on any atom is 0.280 e. The fourth-order valence-corrected chi connectivity index (χ4v) is 4.55. The van der Waals surface area contributed by atoms with E-state index >= 15 is 0 Å². The molecule has 170 valence electrons. The molecular formula is C22H28N6O4. The van der Waals surface area contributed by atoms with Crippen molar-refractivity contribution in [3.63, 3.8) is 0 Å². The Balaban J connectivity index is 1.47. The van der Waals surface area contributed by atoms with Gasteiger partial charge in [-0.2, -0.15) is 4.68 Å². The third kappa shape index (κ3) is 4.79. The molecule has 1 saturated heterocycles. The van der Waals surface area contributed by atoms with Crippen LogP contribution in [0.25, 0.3) is 10.9 Å². The number of hydrogen-bond donors (Lipinski definition) is 3. The van der Waals surface area contributed by atoms with Crippen LogP contribution < -0.4 is 21.5 Å². The van der Waals surface area contributed by atoms with Gasteiger partial charge in [0.05, 0.1) is 5.39 Å². The quantitative estimate of drug-likeness (QED) is 0.573. The molecule has 1 saturated carbocycles. The first-order valence-corrected chi connectivity index (χ1v) is 11.1. The van der Waals surface area contributed by atoms with Gasteiger partial charge in [0.15, 0.2) is 0 Å². The Bertz CT molecular complexity index is 1090. The van der Waals surface area contributed by atoms with Crippen LogP contribution in [0, 0.1) is 11.8 Å². The molecule has 2 aromatic rings. The summed E-state index contributed by atoms with van der Waals surface area (Å²) in [6.07, 6.45) is 4.63. The van der Waals surface area contributed by atoms with Crippen LogP contribution in [0.15, 0.2) is 23.0 Å². The van der Waals surface area contributed by atoms with Crippen molar-refractivity contribution in [2.45, 2.75) is 51.5 Å². The average Bonchev–Trinajstić information content (AvgIpc) is 2.78. The molecule has 4 rings (SSSR count). The van der Waals surface area contributed by atoms with Gasteiger partial charge in [0.25, 0.3) is 11.5 Å². The van der Waals surface area contributed by atoms with Gasteiger partial charge in [-0.1, -0.05) is 11.3 Å². The molecule has 32 heavy (non-hydrogen) atoms. The maximum atomic E-state index is 13.2. The molecule has 1 aliphatic heterocycles. The zero-order valence-electron chi connectivity index (χ0n) is 18.1. The van der Waals surface area contributed by atoms with E-state index in [1.165, 1.54) is 6.92 Å². The number of piperidine rings is 1. The SMILES string of the molecule is CC(=O)NCC1CCC(CNc2cccc3nnn(C4CCC(=O)NC4=O)c(=O)c23)CC1. The van der Waals surface area contributed by atoms with E-state index in [1.54, 1.807) is 6.07 Å². The molecule has 0 bridgehead atoms. The molecule has 2 fully saturated rings. The van der Waals surface area contributed by atoms with Crippen molar-refractivity contribution in [3.8, 4) is 0 Å². The van der Waals surface area contributed by atoms with Crippen LogP contribution in [0.4, 0.5) is 5.69 Å². The first kappa shape index (κ1) is 21.9. The molecule has 0 radical (unpaired) electrons. The van der Waals surface area contributed by atoms with Crippen molar-refractivity contribution in [1.29, 1.82) is 0 Å². The first-order valence-electron chi connectivity index (χ1n) is 11.1. The molecule has 3 amide bonds. The predicted octanol–water partition coefficient (Wildman–Crippen LogP) is 1.12. The number of anilines is 1. The molecule has 3 N–H and O–H groups in total. The van der Waals surface area contributed by atoms with Gasteiger partial charge in [-0.15, -0.1) is 5.10 Å². The van der Waals surface area contributed by atoms with Crippen LogP contribution >= 0.6 is 0 Å². The minimum absolute atomic E-state index is 0.0100. The third-order valence-electron chi connectivity index (χ3n) is 6.41. The first-order chi connectivity index (χ1) is 15.4. The highest BCUT2D eigenvalue weighted by Gasteiger charge is 2.30. The highest BCUT2D eigenvalue weighted by Crippen LogP contribution is 2.29. The topological polar surface area (TPSA) is 135 Å². The molecule has 1 aliphatic carbocycles. The lowest BCUT2D eigenvalue weighted by molar-refractivity contribution is -0.136. The van der Waals surface area contributed by atoms with Crippen LogP contribution in [0.3, 0.4) is 0 Å². The Morgan fingerprint density at radius 3 is 2.50 bits per heavy atom. The van der Waals surface area contributed by atoms with E-state index in [2.05, 4.69) is 26.3 Å². The van der Waals surface area contributed by atoms with Gasteiger partial charge in [-0.3, -0.25) is 24.5 Å². The van der Waals surface area contributed by atoms with Gasteiger partial charge in [0.1, 0.15) is 11.6 Å². The summed E-state index contributed by atoms with van der Waals surface area (Å²) in [5, 5.41) is 17.1. The molecule has 0 spiro atoms. The highest BCUT2D eigenvalue weighted by molar-refractivity contribution is 5.99. The Kier molecular flexibility index (Phi) is 6.48. The molecule has 2 heterocycles. The fourth-order valence-electron chi connectivity index (χ4n) is 4.55. The van der Waals surface area contributed by atoms with Gasteiger partial charge in [0, 0.05) is 32.1 Å². The Labute approximate surface area is 185 Å². The van der Waals surface area contributed by atoms with E-state index in [1.807, 2.05) is 12.1 Å². The lowest BCUT2D eigenvalue weighted by atomic mass is 9.82. The summed E-state index contributed by atoms with van der Waals surface area (Å²) in [7, 11) is 0. The third-order valence-corrected chi connectivity index (χ3v) is 6.41. The number of aromatic nitrogens is 3. The molecule has 1 aromatic carbocycles. The van der Waals surface area contributed by atoms with Crippen LogP contribution in [0.5, 0.6) is 0 Å². The molecule has 10 heteroatoms. The van der Waals surface area contributed by atoms with Crippen LogP contribution in [-0.4, -0.2) is 45.8 Å². The van der Waals surface area contributed by atoms with E-state index < -0.39 is 17.5 Å². The van der Waals surface area contributed by atoms with Crippen LogP contribution in [-0.2, 0) is 14.4 Å². The molecule has 2 aliphatic rings. The molecular weight excluding hydrogens is 412 g/mol. The summed E-state index contributed by atoms with van der Waals surface area (Å²) in [6.45, 7) is 3.00. The van der Waals surface area contributed by atoms with Gasteiger partial charge in [-0.25, -0.2) is 0 Å². The lowest BCUT2D eigenvalue weighted by Gasteiger charge is -2.29. The standard InChI is InChI=1S/C22H28N6O4/c1-13(29)23-11-14-5-7-15(8-6-14)12-24-16-3-2-4-17-20(16)22(32)28(27-26-17)18-9-10-19(30)25-21(18)31/h2-4,14-15,18,24H,5-12H2,1H3,(H,23,29)(H,25,30,31). The number of fused-ring (bicyclic) bond motifs is 1. The van der Waals surface area contributed by atoms with Crippen LogP contribution in [0.2, 0.25) is 0 Å². The van der Waals surface area contributed by atoms with E-state index in [0.29, 0.717) is 28.4 Å². The predicted molar refractivity (Wildman–Crippen MR) is 118 cm³/mol. The zero-order valence-corrected chi connectivity index (χ0v) is 18.1. The maximum absolute atomic E-state index is 13.2. The summed E-state index contributed by atoms with van der Waals surface area (Å²) >= 11 is 0. The Hall–Kier alpha value is -3.30. The molecule has 1 unspecified atom stereocenters. The van der Waals surface area contributed by atoms with Crippen molar-refractivity contribution < 1.29 is 14.4 Å². The van der Waals surface area contributed by atoms with E-state index in [-0.39, 0.29) is 24.7 Å². The number of carbonyl (C=O) groups is 3. The van der Waals surface area contributed by atoms with Gasteiger partial charge in [0.2, 0.25) is 11.8 Å². The number of imide groups is 1. The molecule has 1 atom stereocenters. The minimum Gasteiger partial charge on any atom is -0.384 e. The van der Waals surface area contributed by atoms with E-state index in [0.717, 1.165) is 43.5 Å². The monoisotopic (exact) mass is 440 g/mol. The number of rotatable bonds is 6. The normalized spacial score (nSPS) is 23.6. The van der Waals surface area contributed by atoms with Crippen LogP contribution in [0.1, 0.15) is 51.5 Å². The van der Waals surface area contributed by atoms with E-state index in [9.17, 15) is 19.2 Å². The lowest BCUT2D eigenvalue weighted by Crippen LogP contribution is -2.45. The number of carbonyl (C=O) groups excluding carboxylic acids is 3. The fraction of sp³-hybridized carbons (Fsp3) is 0.545. The molecule has 1 aromatic heterocycles. The van der Waals surface area contributed by atoms with Crippen molar-refractivity contribution in [3.05, 3.63) is 28.6 Å². The van der Waals surface area contributed by atoms with Crippen molar-refractivity contribution >= 4 is 34.3 Å². The van der Waals surface area contributed by atoms with Crippen molar-refractivity contribution in [2.24, 2.45) is 11.8 Å². The highest BCUT2D eigenvalue weighted by atomic mass is 16.2. The average molecular weight is 441 g/mol. The van der Waals surface area contributed by atoms with Crippen molar-refractivity contribution in [1.82, 2.24) is 25.6 Å². The molecule has 10 nitrogen and oxygen atoms in total. The second kappa shape index (κ2) is 9.46. The number of benzene rings is 1. The second-order valence-electron chi connectivity index (χ2n) is 8.71. The summed E-state index contributed by atoms with van der Waals surface area (Å²) in [5.74, 6) is 0.131. The smallest absolute Gasteiger partial charge is 0.280 e. The van der Waals surface area contributed by atoms with Gasteiger partial charge >= 0.3 is 0 Å². The zero-order chi connectivity index (χ0) is 22.7. The Morgan fingerprint density at radius 2 is 1.81 bits per heavy atom. The largest absolute Gasteiger partial charge is 0.384 e. The number of nitrogens with one attached hydrogen (secondary N) is 3. The summed E-state index contributed by atoms with van der Waals surface area (Å²) in [4.78, 5) is 48.0.